The van der Waals surface area contributed by atoms with E-state index in [-0.39, 0.29) is 5.91 Å². The highest BCUT2D eigenvalue weighted by molar-refractivity contribution is 6.04. The number of nitrogens with zero attached hydrogens (tertiary/aromatic N) is 4. The number of hydrogen-bond acceptors (Lipinski definition) is 5. The van der Waals surface area contributed by atoms with E-state index in [9.17, 15) is 4.79 Å². The van der Waals surface area contributed by atoms with Crippen LogP contribution in [0.5, 0.6) is 5.75 Å². The van der Waals surface area contributed by atoms with Crippen LogP contribution < -0.4 is 10.1 Å². The summed E-state index contributed by atoms with van der Waals surface area (Å²) in [6, 6.07) is 12.5. The molecule has 0 aliphatic carbocycles. The second-order valence-electron chi connectivity index (χ2n) is 4.94. The molecule has 0 saturated heterocycles. The SMILES string of the molecule is COc1cccc(C(=O)Nc2ccc(C)c(-n3cnnn3)c2)c1. The van der Waals surface area contributed by atoms with Crippen LogP contribution in [0, 0.1) is 6.92 Å². The van der Waals surface area contributed by atoms with Gasteiger partial charge in [0.05, 0.1) is 12.8 Å². The number of rotatable bonds is 4. The van der Waals surface area contributed by atoms with Gasteiger partial charge in [0.25, 0.3) is 5.91 Å². The van der Waals surface area contributed by atoms with E-state index in [1.165, 1.54) is 6.33 Å². The molecule has 1 heterocycles. The molecule has 0 spiro atoms. The molecule has 0 aliphatic heterocycles. The average Bonchev–Trinajstić information content (AvgIpc) is 3.11. The first-order chi connectivity index (χ1) is 11.2. The van der Waals surface area contributed by atoms with Gasteiger partial charge in [0, 0.05) is 11.3 Å². The summed E-state index contributed by atoms with van der Waals surface area (Å²) in [5.74, 6) is 0.423. The molecule has 0 radical (unpaired) electrons. The lowest BCUT2D eigenvalue weighted by Gasteiger charge is -2.10. The van der Waals surface area contributed by atoms with Crippen LogP contribution in [-0.2, 0) is 0 Å². The fourth-order valence-corrected chi connectivity index (χ4v) is 2.17. The maximum atomic E-state index is 12.4. The fourth-order valence-electron chi connectivity index (χ4n) is 2.17. The average molecular weight is 309 g/mol. The van der Waals surface area contributed by atoms with Crippen LogP contribution in [0.15, 0.2) is 48.8 Å². The van der Waals surface area contributed by atoms with Crippen molar-refractivity contribution in [2.45, 2.75) is 6.92 Å². The van der Waals surface area contributed by atoms with Gasteiger partial charge in [0.1, 0.15) is 12.1 Å². The molecule has 2 aromatic carbocycles. The number of aryl methyl sites for hydroxylation is 1. The first-order valence-electron chi connectivity index (χ1n) is 6.97. The highest BCUT2D eigenvalue weighted by Gasteiger charge is 2.09. The molecule has 0 unspecified atom stereocenters. The third-order valence-corrected chi connectivity index (χ3v) is 3.39. The third-order valence-electron chi connectivity index (χ3n) is 3.39. The Morgan fingerprint density at radius 3 is 2.83 bits per heavy atom. The number of methoxy groups -OCH3 is 1. The Morgan fingerprint density at radius 2 is 2.09 bits per heavy atom. The molecule has 0 saturated carbocycles. The topological polar surface area (TPSA) is 81.9 Å². The van der Waals surface area contributed by atoms with Crippen LogP contribution in [0.4, 0.5) is 5.69 Å². The van der Waals surface area contributed by atoms with Crippen molar-refractivity contribution >= 4 is 11.6 Å². The van der Waals surface area contributed by atoms with Gasteiger partial charge in [0.15, 0.2) is 0 Å². The number of ether oxygens (including phenoxy) is 1. The molecule has 1 amide bonds. The lowest BCUT2D eigenvalue weighted by Crippen LogP contribution is -2.12. The normalized spacial score (nSPS) is 10.3. The van der Waals surface area contributed by atoms with Gasteiger partial charge in [-0.25, -0.2) is 4.68 Å². The molecule has 0 fully saturated rings. The molecule has 7 heteroatoms. The minimum atomic E-state index is -0.213. The second-order valence-corrected chi connectivity index (χ2v) is 4.94. The highest BCUT2D eigenvalue weighted by Crippen LogP contribution is 2.20. The van der Waals surface area contributed by atoms with E-state index in [4.69, 9.17) is 4.74 Å². The van der Waals surface area contributed by atoms with E-state index in [0.717, 1.165) is 11.3 Å². The minimum absolute atomic E-state index is 0.213. The van der Waals surface area contributed by atoms with E-state index < -0.39 is 0 Å². The Labute approximate surface area is 132 Å². The quantitative estimate of drug-likeness (QED) is 0.799. The number of hydrogen-bond donors (Lipinski definition) is 1. The summed E-state index contributed by atoms with van der Waals surface area (Å²) in [5, 5.41) is 14.0. The van der Waals surface area contributed by atoms with Gasteiger partial charge in [0.2, 0.25) is 0 Å². The molecule has 23 heavy (non-hydrogen) atoms. The Hall–Kier alpha value is -3.22. The number of aromatic nitrogens is 4. The first-order valence-corrected chi connectivity index (χ1v) is 6.97. The number of anilines is 1. The Kier molecular flexibility index (Phi) is 4.01. The van der Waals surface area contributed by atoms with Crippen molar-refractivity contribution in [1.82, 2.24) is 20.2 Å². The Balaban J connectivity index is 1.85. The van der Waals surface area contributed by atoms with Gasteiger partial charge in [-0.3, -0.25) is 4.79 Å². The van der Waals surface area contributed by atoms with Crippen LogP contribution in [0.25, 0.3) is 5.69 Å². The van der Waals surface area contributed by atoms with Crippen molar-refractivity contribution in [3.05, 3.63) is 59.9 Å². The van der Waals surface area contributed by atoms with E-state index >= 15 is 0 Å². The number of benzene rings is 2. The van der Waals surface area contributed by atoms with Gasteiger partial charge in [-0.1, -0.05) is 12.1 Å². The van der Waals surface area contributed by atoms with Crippen LogP contribution in [0.3, 0.4) is 0 Å². The summed E-state index contributed by atoms with van der Waals surface area (Å²) in [6.07, 6.45) is 1.51. The van der Waals surface area contributed by atoms with E-state index in [1.54, 1.807) is 36.1 Å². The van der Waals surface area contributed by atoms with Gasteiger partial charge in [-0.15, -0.1) is 5.10 Å². The standard InChI is InChI=1S/C16H15N5O2/c1-11-6-7-13(9-15(11)21-10-17-19-20-21)18-16(22)12-4-3-5-14(8-12)23-2/h3-10H,1-2H3,(H,18,22). The molecule has 0 bridgehead atoms. The molecule has 1 aromatic heterocycles. The van der Waals surface area contributed by atoms with Crippen molar-refractivity contribution in [2.75, 3.05) is 12.4 Å². The zero-order valence-electron chi connectivity index (χ0n) is 12.7. The molecular weight excluding hydrogens is 294 g/mol. The molecule has 0 atom stereocenters. The largest absolute Gasteiger partial charge is 0.497 e. The second kappa shape index (κ2) is 6.27. The van der Waals surface area contributed by atoms with Crippen molar-refractivity contribution in [1.29, 1.82) is 0 Å². The van der Waals surface area contributed by atoms with Gasteiger partial charge in [-0.2, -0.15) is 0 Å². The highest BCUT2D eigenvalue weighted by atomic mass is 16.5. The molecular formula is C16H15N5O2. The smallest absolute Gasteiger partial charge is 0.255 e. The zero-order valence-corrected chi connectivity index (χ0v) is 12.7. The van der Waals surface area contributed by atoms with Crippen LogP contribution in [-0.4, -0.2) is 33.2 Å². The van der Waals surface area contributed by atoms with Gasteiger partial charge >= 0.3 is 0 Å². The predicted octanol–water partition coefficient (Wildman–Crippen LogP) is 2.23. The lowest BCUT2D eigenvalue weighted by atomic mass is 10.1. The number of carbonyl (C=O) groups is 1. The van der Waals surface area contributed by atoms with Gasteiger partial charge in [-0.05, 0) is 53.2 Å². The Bertz CT molecular complexity index is 830. The van der Waals surface area contributed by atoms with Crippen molar-refractivity contribution in [3.63, 3.8) is 0 Å². The fraction of sp³-hybridized carbons (Fsp3) is 0.125. The summed E-state index contributed by atoms with van der Waals surface area (Å²) in [5.41, 5.74) is 2.98. The van der Waals surface area contributed by atoms with E-state index in [2.05, 4.69) is 20.8 Å². The molecule has 3 rings (SSSR count). The lowest BCUT2D eigenvalue weighted by molar-refractivity contribution is 0.102. The van der Waals surface area contributed by atoms with Crippen molar-refractivity contribution in [3.8, 4) is 11.4 Å². The summed E-state index contributed by atoms with van der Waals surface area (Å²) >= 11 is 0. The molecule has 0 aliphatic rings. The Morgan fingerprint density at radius 1 is 1.22 bits per heavy atom. The number of tetrazole rings is 1. The summed E-state index contributed by atoms with van der Waals surface area (Å²) < 4.78 is 6.69. The van der Waals surface area contributed by atoms with E-state index in [0.29, 0.717) is 17.0 Å². The number of nitrogens with one attached hydrogen (secondary N) is 1. The molecule has 116 valence electrons. The summed E-state index contributed by atoms with van der Waals surface area (Å²) in [6.45, 7) is 1.95. The van der Waals surface area contributed by atoms with Crippen molar-refractivity contribution < 1.29 is 9.53 Å². The van der Waals surface area contributed by atoms with Crippen LogP contribution >= 0.6 is 0 Å². The minimum Gasteiger partial charge on any atom is -0.497 e. The zero-order chi connectivity index (χ0) is 16.2. The summed E-state index contributed by atoms with van der Waals surface area (Å²) in [7, 11) is 1.56. The molecule has 7 nitrogen and oxygen atoms in total. The number of carbonyl (C=O) groups excluding carboxylic acids is 1. The van der Waals surface area contributed by atoms with Crippen molar-refractivity contribution in [2.24, 2.45) is 0 Å². The molecule has 3 aromatic rings. The predicted molar refractivity (Wildman–Crippen MR) is 84.8 cm³/mol. The maximum Gasteiger partial charge on any atom is 0.255 e. The third kappa shape index (κ3) is 3.18. The van der Waals surface area contributed by atoms with E-state index in [1.807, 2.05) is 25.1 Å². The summed E-state index contributed by atoms with van der Waals surface area (Å²) in [4.78, 5) is 12.4. The number of amides is 1. The molecule has 1 N–H and O–H groups in total. The van der Waals surface area contributed by atoms with Crippen LogP contribution in [0.1, 0.15) is 15.9 Å². The van der Waals surface area contributed by atoms with Crippen LogP contribution in [0.2, 0.25) is 0 Å². The monoisotopic (exact) mass is 309 g/mol. The first kappa shape index (κ1) is 14.7. The maximum absolute atomic E-state index is 12.4. The van der Waals surface area contributed by atoms with Gasteiger partial charge < -0.3 is 10.1 Å².